The number of allylic oxidation sites excluding steroid dienone is 4. The maximum absolute atomic E-state index is 2.00. The summed E-state index contributed by atoms with van der Waals surface area (Å²) in [5.41, 5.74) is 0. The van der Waals surface area contributed by atoms with Crippen LogP contribution in [0.25, 0.3) is 0 Å². The van der Waals surface area contributed by atoms with Gasteiger partial charge in [0, 0.05) is 6.42 Å². The lowest BCUT2D eigenvalue weighted by Crippen LogP contribution is -1.39. The summed E-state index contributed by atoms with van der Waals surface area (Å²) in [5, 5.41) is 0. The molecular weight excluding hydrogens is 87.0 g/mol. The van der Waals surface area contributed by atoms with Crippen LogP contribution in [-0.2, 0) is 0 Å². The molecule has 1 aliphatic rings. The van der Waals surface area contributed by atoms with Gasteiger partial charge in [0.2, 0.25) is 0 Å². The number of hydrogen-bond donors (Lipinski definition) is 0. The first-order valence-electron chi connectivity index (χ1n) is 1.67. The van der Waals surface area contributed by atoms with Crippen molar-refractivity contribution < 1.29 is 0 Å². The van der Waals surface area contributed by atoms with Gasteiger partial charge < -0.3 is 0 Å². The lowest BCUT2D eigenvalue weighted by Gasteiger charge is -1.56. The molecular formula is C5H8Al. The van der Waals surface area contributed by atoms with Gasteiger partial charge in [-0.3, -0.25) is 0 Å². The van der Waals surface area contributed by atoms with Crippen molar-refractivity contribution >= 4 is 17.4 Å². The molecule has 0 aromatic heterocycles. The Balaban J connectivity index is 0.000000250. The van der Waals surface area contributed by atoms with E-state index in [0.29, 0.717) is 0 Å². The second kappa shape index (κ2) is 3.21. The van der Waals surface area contributed by atoms with Crippen LogP contribution in [0.4, 0.5) is 0 Å². The minimum absolute atomic E-state index is 0. The van der Waals surface area contributed by atoms with Gasteiger partial charge in [-0.15, -0.1) is 0 Å². The van der Waals surface area contributed by atoms with Gasteiger partial charge in [-0.05, 0) is 0 Å². The molecule has 1 rings (SSSR count). The molecule has 0 saturated carbocycles. The predicted octanol–water partition coefficient (Wildman–Crippen LogP) is 0.133. The Labute approximate surface area is 48.7 Å². The maximum Gasteiger partial charge on any atom is 0.187 e. The van der Waals surface area contributed by atoms with E-state index in [-0.39, 0.29) is 17.4 Å². The molecule has 1 heteroatoms. The lowest BCUT2D eigenvalue weighted by atomic mass is 10.5. The molecule has 0 atom stereocenters. The van der Waals surface area contributed by atoms with Gasteiger partial charge in [0.15, 0.2) is 17.4 Å². The SMILES string of the molecule is [AlH3].[CH]1C=CC=C1. The van der Waals surface area contributed by atoms with Gasteiger partial charge in [-0.1, -0.05) is 24.3 Å². The van der Waals surface area contributed by atoms with E-state index in [9.17, 15) is 0 Å². The van der Waals surface area contributed by atoms with E-state index in [1.165, 1.54) is 0 Å². The molecule has 0 aromatic rings. The third-order valence-electron chi connectivity index (χ3n) is 0.556. The summed E-state index contributed by atoms with van der Waals surface area (Å²) in [6, 6.07) is 0. The summed E-state index contributed by atoms with van der Waals surface area (Å²) in [4.78, 5) is 0. The van der Waals surface area contributed by atoms with Crippen molar-refractivity contribution in [3.05, 3.63) is 30.7 Å². The highest BCUT2D eigenvalue weighted by Gasteiger charge is 1.72. The van der Waals surface area contributed by atoms with Crippen molar-refractivity contribution in [3.8, 4) is 0 Å². The molecule has 0 fully saturated rings. The summed E-state index contributed by atoms with van der Waals surface area (Å²) in [5.74, 6) is 0. The Morgan fingerprint density at radius 1 is 0.667 bits per heavy atom. The highest BCUT2D eigenvalue weighted by atomic mass is 27.0. The minimum Gasteiger partial charge on any atom is -0.0767 e. The average Bonchev–Trinajstić information content (AvgIpc) is 1.76. The quantitative estimate of drug-likeness (QED) is 0.375. The molecule has 0 nitrogen and oxygen atoms in total. The molecule has 0 amide bonds. The average molecular weight is 95.1 g/mol. The van der Waals surface area contributed by atoms with Crippen molar-refractivity contribution in [3.63, 3.8) is 0 Å². The van der Waals surface area contributed by atoms with Crippen LogP contribution in [0, 0.1) is 6.42 Å². The minimum atomic E-state index is 0. The van der Waals surface area contributed by atoms with Gasteiger partial charge in [-0.25, -0.2) is 0 Å². The van der Waals surface area contributed by atoms with E-state index in [1.807, 2.05) is 30.7 Å². The third kappa shape index (κ3) is 1.45. The highest BCUT2D eigenvalue weighted by Crippen LogP contribution is 1.91. The predicted molar refractivity (Wildman–Crippen MR) is 32.5 cm³/mol. The number of rotatable bonds is 0. The Hall–Kier alpha value is 0.0125. The first kappa shape index (κ1) is 6.01. The Morgan fingerprint density at radius 2 is 1.17 bits per heavy atom. The smallest absolute Gasteiger partial charge is 0.0767 e. The fourth-order valence-corrected chi connectivity index (χ4v) is 0.321. The molecule has 0 aliphatic heterocycles. The third-order valence-corrected chi connectivity index (χ3v) is 0.556. The fourth-order valence-electron chi connectivity index (χ4n) is 0.321. The van der Waals surface area contributed by atoms with E-state index >= 15 is 0 Å². The maximum atomic E-state index is 2.00. The van der Waals surface area contributed by atoms with Crippen molar-refractivity contribution in [2.24, 2.45) is 0 Å². The van der Waals surface area contributed by atoms with Crippen LogP contribution in [0.2, 0.25) is 0 Å². The van der Waals surface area contributed by atoms with E-state index in [1.54, 1.807) is 0 Å². The molecule has 0 heterocycles. The van der Waals surface area contributed by atoms with Crippen LogP contribution in [0.1, 0.15) is 0 Å². The Morgan fingerprint density at radius 3 is 1.33 bits per heavy atom. The summed E-state index contributed by atoms with van der Waals surface area (Å²) in [6.07, 6.45) is 10.0. The highest BCUT2D eigenvalue weighted by molar-refractivity contribution is 5.75. The summed E-state index contributed by atoms with van der Waals surface area (Å²) in [7, 11) is 0. The van der Waals surface area contributed by atoms with Crippen molar-refractivity contribution in [1.29, 1.82) is 0 Å². The zero-order valence-corrected chi connectivity index (χ0v) is 2.89. The van der Waals surface area contributed by atoms with E-state index in [4.69, 9.17) is 0 Å². The van der Waals surface area contributed by atoms with E-state index in [0.717, 1.165) is 0 Å². The van der Waals surface area contributed by atoms with Crippen LogP contribution in [0.15, 0.2) is 24.3 Å². The van der Waals surface area contributed by atoms with Gasteiger partial charge in [0.1, 0.15) is 0 Å². The molecule has 6 heavy (non-hydrogen) atoms. The Bertz CT molecular complexity index is 62.0. The van der Waals surface area contributed by atoms with Gasteiger partial charge in [0.25, 0.3) is 0 Å². The molecule has 0 bridgehead atoms. The van der Waals surface area contributed by atoms with Crippen molar-refractivity contribution in [1.82, 2.24) is 0 Å². The second-order valence-corrected chi connectivity index (χ2v) is 0.962. The zero-order chi connectivity index (χ0) is 3.54. The normalized spacial score (nSPS) is 14.7. The van der Waals surface area contributed by atoms with Crippen LogP contribution in [0.5, 0.6) is 0 Å². The van der Waals surface area contributed by atoms with Crippen LogP contribution >= 0.6 is 0 Å². The summed E-state index contributed by atoms with van der Waals surface area (Å²) >= 11 is 0. The Kier molecular flexibility index (Phi) is 3.22. The van der Waals surface area contributed by atoms with Crippen LogP contribution < -0.4 is 0 Å². The summed E-state index contributed by atoms with van der Waals surface area (Å²) in [6.45, 7) is 0. The zero-order valence-electron chi connectivity index (χ0n) is 2.89. The first-order valence-corrected chi connectivity index (χ1v) is 1.67. The topological polar surface area (TPSA) is 0 Å². The molecule has 0 unspecified atom stereocenters. The number of hydrogen-bond acceptors (Lipinski definition) is 0. The molecule has 31 valence electrons. The van der Waals surface area contributed by atoms with Gasteiger partial charge >= 0.3 is 0 Å². The lowest BCUT2D eigenvalue weighted by molar-refractivity contribution is 1.87. The van der Waals surface area contributed by atoms with Crippen LogP contribution in [-0.4, -0.2) is 17.4 Å². The van der Waals surface area contributed by atoms with Crippen LogP contribution in [0.3, 0.4) is 0 Å². The monoisotopic (exact) mass is 95.0 g/mol. The molecule has 0 aromatic carbocycles. The molecule has 0 saturated heterocycles. The van der Waals surface area contributed by atoms with Crippen molar-refractivity contribution in [2.75, 3.05) is 0 Å². The molecule has 0 N–H and O–H groups in total. The molecule has 1 aliphatic carbocycles. The van der Waals surface area contributed by atoms with E-state index in [2.05, 4.69) is 0 Å². The largest absolute Gasteiger partial charge is 0.187 e. The second-order valence-electron chi connectivity index (χ2n) is 0.962. The summed E-state index contributed by atoms with van der Waals surface area (Å²) < 4.78 is 0. The van der Waals surface area contributed by atoms with Gasteiger partial charge in [0.05, 0.1) is 0 Å². The standard InChI is InChI=1S/C5H5.Al.3H/c1-2-4-5-3-1;;;;/h1-5H;;;;. The van der Waals surface area contributed by atoms with E-state index < -0.39 is 0 Å². The van der Waals surface area contributed by atoms with Gasteiger partial charge in [-0.2, -0.15) is 0 Å². The van der Waals surface area contributed by atoms with Crippen molar-refractivity contribution in [2.45, 2.75) is 0 Å². The fraction of sp³-hybridized carbons (Fsp3) is 0. The first-order chi connectivity index (χ1) is 2.50. The molecule has 0 spiro atoms. The molecule has 1 radical (unpaired) electrons.